The number of rotatable bonds is 3. The van der Waals surface area contributed by atoms with Crippen LogP contribution in [-0.4, -0.2) is 24.7 Å². The largest absolute Gasteiger partial charge is 0.363 e. The third-order valence-corrected chi connectivity index (χ3v) is 4.55. The number of fused-ring (bicyclic) bond motifs is 1. The van der Waals surface area contributed by atoms with Gasteiger partial charge in [0.15, 0.2) is 5.65 Å². The van der Waals surface area contributed by atoms with Crippen molar-refractivity contribution in [3.8, 4) is 0 Å². The summed E-state index contributed by atoms with van der Waals surface area (Å²) in [6.45, 7) is 11.1. The van der Waals surface area contributed by atoms with Crippen molar-refractivity contribution < 1.29 is 0 Å². The molecule has 6 nitrogen and oxygen atoms in total. The van der Waals surface area contributed by atoms with Gasteiger partial charge in [0.05, 0.1) is 23.3 Å². The fourth-order valence-electron chi connectivity index (χ4n) is 2.47. The summed E-state index contributed by atoms with van der Waals surface area (Å²) in [5.74, 6) is 1.56. The van der Waals surface area contributed by atoms with E-state index in [1.54, 1.807) is 16.0 Å². The standard InChI is InChI=1S/C16H22N6S/c1-9-13-14(18-10(2)19-15(13)22(6)21-9)17-7-12-20-11(8-23-12)16(3,4)5/h8H,7H2,1-6H3,(H,17,18,19). The van der Waals surface area contributed by atoms with Crippen molar-refractivity contribution in [1.82, 2.24) is 24.7 Å². The minimum atomic E-state index is 0.0768. The number of hydrogen-bond donors (Lipinski definition) is 1. The van der Waals surface area contributed by atoms with Crippen LogP contribution in [-0.2, 0) is 19.0 Å². The molecule has 0 aromatic carbocycles. The Hall–Kier alpha value is -2.02. The number of thiazole rings is 1. The van der Waals surface area contributed by atoms with E-state index in [9.17, 15) is 0 Å². The lowest BCUT2D eigenvalue weighted by Crippen LogP contribution is -2.12. The van der Waals surface area contributed by atoms with Gasteiger partial charge in [-0.1, -0.05) is 20.8 Å². The van der Waals surface area contributed by atoms with E-state index in [1.807, 2.05) is 20.9 Å². The highest BCUT2D eigenvalue weighted by Gasteiger charge is 2.18. The van der Waals surface area contributed by atoms with Crippen LogP contribution >= 0.6 is 11.3 Å². The molecule has 0 radical (unpaired) electrons. The molecule has 122 valence electrons. The third kappa shape index (κ3) is 3.06. The van der Waals surface area contributed by atoms with Crippen molar-refractivity contribution in [3.05, 3.63) is 27.6 Å². The molecular weight excluding hydrogens is 308 g/mol. The second-order valence-corrected chi connectivity index (χ2v) is 7.70. The number of aromatic nitrogens is 5. The van der Waals surface area contributed by atoms with Crippen LogP contribution in [0, 0.1) is 13.8 Å². The second kappa shape index (κ2) is 5.56. The number of anilines is 1. The van der Waals surface area contributed by atoms with Crippen LogP contribution in [0.25, 0.3) is 11.0 Å². The summed E-state index contributed by atoms with van der Waals surface area (Å²) in [5.41, 5.74) is 2.99. The molecule has 1 N–H and O–H groups in total. The maximum atomic E-state index is 4.72. The lowest BCUT2D eigenvalue weighted by molar-refractivity contribution is 0.571. The molecule has 0 spiro atoms. The minimum Gasteiger partial charge on any atom is -0.363 e. The molecule has 3 aromatic heterocycles. The van der Waals surface area contributed by atoms with Crippen LogP contribution in [0.5, 0.6) is 0 Å². The summed E-state index contributed by atoms with van der Waals surface area (Å²) in [5, 5.41) is 12.0. The Bertz CT molecular complexity index is 855. The van der Waals surface area contributed by atoms with Crippen molar-refractivity contribution in [2.45, 2.75) is 46.6 Å². The highest BCUT2D eigenvalue weighted by Crippen LogP contribution is 2.26. The van der Waals surface area contributed by atoms with Crippen LogP contribution in [0.4, 0.5) is 5.82 Å². The van der Waals surface area contributed by atoms with Gasteiger partial charge in [-0.15, -0.1) is 11.3 Å². The molecule has 0 amide bonds. The Morgan fingerprint density at radius 1 is 1.17 bits per heavy atom. The molecule has 0 aliphatic heterocycles. The van der Waals surface area contributed by atoms with E-state index in [0.29, 0.717) is 6.54 Å². The first-order chi connectivity index (χ1) is 10.8. The van der Waals surface area contributed by atoms with Crippen LogP contribution < -0.4 is 5.32 Å². The second-order valence-electron chi connectivity index (χ2n) is 6.76. The lowest BCUT2D eigenvalue weighted by atomic mass is 9.93. The zero-order chi connectivity index (χ0) is 16.8. The van der Waals surface area contributed by atoms with Gasteiger partial charge >= 0.3 is 0 Å². The molecule has 0 atom stereocenters. The Balaban J connectivity index is 1.89. The zero-order valence-corrected chi connectivity index (χ0v) is 15.2. The van der Waals surface area contributed by atoms with E-state index in [4.69, 9.17) is 4.98 Å². The summed E-state index contributed by atoms with van der Waals surface area (Å²) >= 11 is 1.68. The Morgan fingerprint density at radius 2 is 1.91 bits per heavy atom. The van der Waals surface area contributed by atoms with E-state index in [1.165, 1.54) is 0 Å². The van der Waals surface area contributed by atoms with Crippen LogP contribution in [0.2, 0.25) is 0 Å². The maximum Gasteiger partial charge on any atom is 0.163 e. The topological polar surface area (TPSA) is 68.5 Å². The van der Waals surface area contributed by atoms with Gasteiger partial charge in [0, 0.05) is 17.8 Å². The first-order valence-electron chi connectivity index (χ1n) is 7.62. The normalized spacial score (nSPS) is 12.1. The highest BCUT2D eigenvalue weighted by atomic mass is 32.1. The highest BCUT2D eigenvalue weighted by molar-refractivity contribution is 7.09. The SMILES string of the molecule is Cc1nc(NCc2nc(C(C)(C)C)cs2)c2c(C)nn(C)c2n1. The molecule has 23 heavy (non-hydrogen) atoms. The molecule has 7 heteroatoms. The summed E-state index contributed by atoms with van der Waals surface area (Å²) in [6, 6.07) is 0. The molecular formula is C16H22N6S. The van der Waals surface area contributed by atoms with Crippen molar-refractivity contribution in [2.75, 3.05) is 5.32 Å². The van der Waals surface area contributed by atoms with Crippen LogP contribution in [0.1, 0.15) is 43.0 Å². The predicted octanol–water partition coefficient (Wildman–Crippen LogP) is 3.35. The van der Waals surface area contributed by atoms with E-state index < -0.39 is 0 Å². The van der Waals surface area contributed by atoms with Gasteiger partial charge in [-0.05, 0) is 13.8 Å². The number of nitrogens with one attached hydrogen (secondary N) is 1. The van der Waals surface area contributed by atoms with Crippen LogP contribution in [0.3, 0.4) is 0 Å². The van der Waals surface area contributed by atoms with E-state index in [2.05, 4.69) is 46.5 Å². The first kappa shape index (κ1) is 15.9. The average Bonchev–Trinajstić information content (AvgIpc) is 3.02. The average molecular weight is 330 g/mol. The van der Waals surface area contributed by atoms with Gasteiger partial charge in [-0.2, -0.15) is 5.10 Å². The molecule has 0 unspecified atom stereocenters. The molecule has 0 fully saturated rings. The summed E-state index contributed by atoms with van der Waals surface area (Å²) < 4.78 is 1.80. The Morgan fingerprint density at radius 3 is 2.57 bits per heavy atom. The van der Waals surface area contributed by atoms with Crippen molar-refractivity contribution in [2.24, 2.45) is 7.05 Å². The molecule has 0 aliphatic rings. The number of nitrogens with zero attached hydrogens (tertiary/aromatic N) is 5. The van der Waals surface area contributed by atoms with Crippen molar-refractivity contribution in [3.63, 3.8) is 0 Å². The first-order valence-corrected chi connectivity index (χ1v) is 8.50. The van der Waals surface area contributed by atoms with E-state index in [0.717, 1.165) is 39.1 Å². The van der Waals surface area contributed by atoms with Gasteiger partial charge in [-0.25, -0.2) is 15.0 Å². The van der Waals surface area contributed by atoms with E-state index in [-0.39, 0.29) is 5.41 Å². The molecule has 3 rings (SSSR count). The number of aryl methyl sites for hydroxylation is 3. The molecule has 3 aromatic rings. The molecule has 0 saturated carbocycles. The zero-order valence-electron chi connectivity index (χ0n) is 14.4. The van der Waals surface area contributed by atoms with Crippen molar-refractivity contribution >= 4 is 28.2 Å². The minimum absolute atomic E-state index is 0.0768. The van der Waals surface area contributed by atoms with Crippen LogP contribution in [0.15, 0.2) is 5.38 Å². The van der Waals surface area contributed by atoms with Gasteiger partial charge in [0.2, 0.25) is 0 Å². The van der Waals surface area contributed by atoms with Gasteiger partial charge in [0.1, 0.15) is 16.6 Å². The van der Waals surface area contributed by atoms with Gasteiger partial charge < -0.3 is 5.32 Å². The molecule has 0 aliphatic carbocycles. The lowest BCUT2D eigenvalue weighted by Gasteiger charge is -2.14. The summed E-state index contributed by atoms with van der Waals surface area (Å²) in [7, 11) is 1.90. The fraction of sp³-hybridized carbons (Fsp3) is 0.500. The molecule has 0 bridgehead atoms. The third-order valence-electron chi connectivity index (χ3n) is 3.70. The fourth-order valence-corrected chi connectivity index (χ4v) is 3.43. The molecule has 0 saturated heterocycles. The summed E-state index contributed by atoms with van der Waals surface area (Å²) in [4.78, 5) is 13.8. The Kier molecular flexibility index (Phi) is 3.83. The summed E-state index contributed by atoms with van der Waals surface area (Å²) in [6.07, 6.45) is 0. The number of hydrogen-bond acceptors (Lipinski definition) is 6. The van der Waals surface area contributed by atoms with Gasteiger partial charge in [-0.3, -0.25) is 4.68 Å². The monoisotopic (exact) mass is 330 g/mol. The van der Waals surface area contributed by atoms with E-state index >= 15 is 0 Å². The van der Waals surface area contributed by atoms with Gasteiger partial charge in [0.25, 0.3) is 0 Å². The smallest absolute Gasteiger partial charge is 0.163 e. The predicted molar refractivity (Wildman–Crippen MR) is 93.9 cm³/mol. The maximum absolute atomic E-state index is 4.72. The Labute approximate surface area is 140 Å². The quantitative estimate of drug-likeness (QED) is 0.797. The molecule has 3 heterocycles. The van der Waals surface area contributed by atoms with Crippen molar-refractivity contribution in [1.29, 1.82) is 0 Å².